The molecule has 2 amide bonds. The van der Waals surface area contributed by atoms with E-state index in [1.54, 1.807) is 32.0 Å². The summed E-state index contributed by atoms with van der Waals surface area (Å²) in [6.45, 7) is 2.77. The molecule has 0 aliphatic rings. The van der Waals surface area contributed by atoms with Crippen LogP contribution < -0.4 is 11.1 Å². The highest BCUT2D eigenvalue weighted by molar-refractivity contribution is 5.94. The van der Waals surface area contributed by atoms with Crippen LogP contribution in [0.1, 0.15) is 58.5 Å². The van der Waals surface area contributed by atoms with Crippen LogP contribution in [0.2, 0.25) is 0 Å². The minimum atomic E-state index is -4.68. The molecule has 0 aliphatic carbocycles. The third-order valence-electron chi connectivity index (χ3n) is 6.79. The Kier molecular flexibility index (Phi) is 9.03. The fraction of sp³-hybridized carbons (Fsp3) is 0.267. The Morgan fingerprint density at radius 3 is 2.43 bits per heavy atom. The van der Waals surface area contributed by atoms with Crippen molar-refractivity contribution < 1.29 is 31.5 Å². The third kappa shape index (κ3) is 6.64. The number of hydrogen-bond acceptors (Lipinski definition) is 4. The number of benzene rings is 2. The molecule has 1 unspecified atom stereocenters. The highest BCUT2D eigenvalue weighted by Crippen LogP contribution is 2.34. The second-order valence-electron chi connectivity index (χ2n) is 9.59. The van der Waals surface area contributed by atoms with Crippen molar-refractivity contribution in [2.75, 3.05) is 0 Å². The topological polar surface area (TPSA) is 103 Å². The van der Waals surface area contributed by atoms with Gasteiger partial charge < -0.3 is 11.1 Å². The number of amides is 2. The van der Waals surface area contributed by atoms with Crippen LogP contribution in [-0.4, -0.2) is 26.6 Å². The molecule has 12 heteroatoms. The summed E-state index contributed by atoms with van der Waals surface area (Å²) in [5, 5.41) is 6.54. The van der Waals surface area contributed by atoms with Crippen molar-refractivity contribution in [2.45, 2.75) is 51.9 Å². The standard InChI is InChI=1S/C30H28F5N5O2/c1-3-20-25(4-2)40(39-28(20)30(33,34)35)16-26(41)38-24(14-17-7-5-8-19(31)13-17)27-21(9-6-12-37-27)18-10-11-23(32)22(15-18)29(36)42/h5-13,15,24H,3-4,14,16H2,1-2H3,(H2,36,42)(H,38,41). The molecule has 2 aromatic heterocycles. The number of pyridine rings is 1. The predicted octanol–water partition coefficient (Wildman–Crippen LogP) is 5.57. The molecule has 0 saturated heterocycles. The summed E-state index contributed by atoms with van der Waals surface area (Å²) in [4.78, 5) is 29.6. The van der Waals surface area contributed by atoms with Crippen LogP contribution in [0.5, 0.6) is 0 Å². The van der Waals surface area contributed by atoms with Gasteiger partial charge >= 0.3 is 6.18 Å². The van der Waals surface area contributed by atoms with Gasteiger partial charge in [0.25, 0.3) is 5.91 Å². The first-order chi connectivity index (χ1) is 19.9. The zero-order valence-corrected chi connectivity index (χ0v) is 22.8. The van der Waals surface area contributed by atoms with Crippen molar-refractivity contribution in [3.8, 4) is 11.1 Å². The Bertz CT molecular complexity index is 1620. The average Bonchev–Trinajstić information content (AvgIpc) is 3.30. The van der Waals surface area contributed by atoms with Crippen LogP contribution >= 0.6 is 0 Å². The Balaban J connectivity index is 1.74. The molecule has 7 nitrogen and oxygen atoms in total. The van der Waals surface area contributed by atoms with Crippen LogP contribution in [0.3, 0.4) is 0 Å². The largest absolute Gasteiger partial charge is 0.435 e. The minimum Gasteiger partial charge on any atom is -0.366 e. The van der Waals surface area contributed by atoms with Crippen molar-refractivity contribution in [3.63, 3.8) is 0 Å². The van der Waals surface area contributed by atoms with Gasteiger partial charge in [0.15, 0.2) is 5.69 Å². The quantitative estimate of drug-likeness (QED) is 0.238. The lowest BCUT2D eigenvalue weighted by molar-refractivity contribution is -0.142. The summed E-state index contributed by atoms with van der Waals surface area (Å²) in [6, 6.07) is 11.8. The van der Waals surface area contributed by atoms with Gasteiger partial charge in [-0.15, -0.1) is 0 Å². The number of carbonyl (C=O) groups is 2. The number of rotatable bonds is 10. The zero-order valence-electron chi connectivity index (χ0n) is 22.8. The molecule has 0 bridgehead atoms. The second-order valence-corrected chi connectivity index (χ2v) is 9.59. The average molecular weight is 586 g/mol. The van der Waals surface area contributed by atoms with Crippen molar-refractivity contribution in [1.29, 1.82) is 0 Å². The first-order valence-corrected chi connectivity index (χ1v) is 13.2. The van der Waals surface area contributed by atoms with Crippen LogP contribution in [0.4, 0.5) is 22.0 Å². The lowest BCUT2D eigenvalue weighted by Gasteiger charge is -2.22. The molecule has 4 rings (SSSR count). The summed E-state index contributed by atoms with van der Waals surface area (Å²) < 4.78 is 70.2. The molecule has 0 fully saturated rings. The summed E-state index contributed by atoms with van der Waals surface area (Å²) >= 11 is 0. The molecule has 1 atom stereocenters. The fourth-order valence-corrected chi connectivity index (χ4v) is 4.97. The van der Waals surface area contributed by atoms with Crippen LogP contribution in [0.15, 0.2) is 60.8 Å². The van der Waals surface area contributed by atoms with Crippen molar-refractivity contribution in [1.82, 2.24) is 20.1 Å². The molecular weight excluding hydrogens is 557 g/mol. The number of halogens is 5. The maximum Gasteiger partial charge on any atom is 0.435 e. The predicted molar refractivity (Wildman–Crippen MR) is 145 cm³/mol. The minimum absolute atomic E-state index is 0.0303. The van der Waals surface area contributed by atoms with E-state index in [9.17, 15) is 31.5 Å². The molecule has 42 heavy (non-hydrogen) atoms. The van der Waals surface area contributed by atoms with Gasteiger partial charge in [0.1, 0.15) is 18.2 Å². The summed E-state index contributed by atoms with van der Waals surface area (Å²) in [5.41, 5.74) is 5.91. The molecule has 3 N–H and O–H groups in total. The third-order valence-corrected chi connectivity index (χ3v) is 6.79. The Morgan fingerprint density at radius 1 is 1.02 bits per heavy atom. The van der Waals surface area contributed by atoms with E-state index in [0.717, 1.165) is 10.7 Å². The molecule has 2 heterocycles. The molecule has 220 valence electrons. The molecule has 0 spiro atoms. The van der Waals surface area contributed by atoms with Crippen molar-refractivity contribution in [3.05, 3.63) is 106 Å². The van der Waals surface area contributed by atoms with Crippen LogP contribution in [0, 0.1) is 11.6 Å². The Labute approximate surface area is 238 Å². The summed E-state index contributed by atoms with van der Waals surface area (Å²) in [7, 11) is 0. The summed E-state index contributed by atoms with van der Waals surface area (Å²) in [6.07, 6.45) is -2.84. The van der Waals surface area contributed by atoms with Gasteiger partial charge in [-0.2, -0.15) is 18.3 Å². The van der Waals surface area contributed by atoms with Crippen LogP contribution in [-0.2, 0) is 36.8 Å². The van der Waals surface area contributed by atoms with E-state index in [1.807, 2.05) is 0 Å². The number of carbonyl (C=O) groups excluding carboxylic acids is 2. The number of nitrogens with one attached hydrogen (secondary N) is 1. The number of alkyl halides is 3. The van der Waals surface area contributed by atoms with E-state index < -0.39 is 47.9 Å². The molecule has 4 aromatic rings. The second kappa shape index (κ2) is 12.5. The molecule has 0 radical (unpaired) electrons. The van der Waals surface area contributed by atoms with E-state index in [1.165, 1.54) is 36.5 Å². The normalized spacial score (nSPS) is 12.3. The monoisotopic (exact) mass is 585 g/mol. The number of primary amides is 1. The lowest BCUT2D eigenvalue weighted by atomic mass is 9.94. The van der Waals surface area contributed by atoms with Gasteiger partial charge in [-0.1, -0.05) is 38.1 Å². The van der Waals surface area contributed by atoms with E-state index in [4.69, 9.17) is 5.73 Å². The maximum absolute atomic E-state index is 14.2. The number of nitrogens with two attached hydrogens (primary N) is 1. The van der Waals surface area contributed by atoms with E-state index >= 15 is 0 Å². The van der Waals surface area contributed by atoms with Gasteiger partial charge in [-0.3, -0.25) is 19.3 Å². The van der Waals surface area contributed by atoms with Gasteiger partial charge in [0.05, 0.1) is 17.3 Å². The van der Waals surface area contributed by atoms with Gasteiger partial charge in [0.2, 0.25) is 5.91 Å². The molecule has 0 saturated carbocycles. The number of aromatic nitrogens is 3. The van der Waals surface area contributed by atoms with Gasteiger partial charge in [-0.05, 0) is 60.7 Å². The van der Waals surface area contributed by atoms with Gasteiger partial charge in [-0.25, -0.2) is 8.78 Å². The van der Waals surface area contributed by atoms with E-state index in [2.05, 4.69) is 15.4 Å². The molecule has 0 aliphatic heterocycles. The van der Waals surface area contributed by atoms with E-state index in [-0.39, 0.29) is 30.4 Å². The highest BCUT2D eigenvalue weighted by Gasteiger charge is 2.38. The van der Waals surface area contributed by atoms with Crippen molar-refractivity contribution in [2.24, 2.45) is 5.73 Å². The SMILES string of the molecule is CCc1c(C(F)(F)F)nn(CC(=O)NC(Cc2cccc(F)c2)c2ncccc2-c2ccc(F)c(C(N)=O)c2)c1CC. The number of hydrogen-bond donors (Lipinski definition) is 2. The number of nitrogens with zero attached hydrogens (tertiary/aromatic N) is 3. The van der Waals surface area contributed by atoms with Crippen molar-refractivity contribution >= 4 is 11.8 Å². The zero-order chi connectivity index (χ0) is 30.6. The summed E-state index contributed by atoms with van der Waals surface area (Å²) in [5.74, 6) is -2.94. The highest BCUT2D eigenvalue weighted by atomic mass is 19.4. The van der Waals surface area contributed by atoms with E-state index in [0.29, 0.717) is 28.1 Å². The smallest absolute Gasteiger partial charge is 0.366 e. The maximum atomic E-state index is 14.2. The molecular formula is C30H28F5N5O2. The first-order valence-electron chi connectivity index (χ1n) is 13.2. The Hall–Kier alpha value is -4.61. The lowest BCUT2D eigenvalue weighted by Crippen LogP contribution is -2.34. The van der Waals surface area contributed by atoms with Gasteiger partial charge in [0, 0.05) is 23.0 Å². The first kappa shape index (κ1) is 30.4. The fourth-order valence-electron chi connectivity index (χ4n) is 4.97. The van der Waals surface area contributed by atoms with Crippen LogP contribution in [0.25, 0.3) is 11.1 Å². The molecule has 2 aromatic carbocycles. The Morgan fingerprint density at radius 2 is 1.79 bits per heavy atom.